The second kappa shape index (κ2) is 7.54. The molecule has 1 fully saturated rings. The first kappa shape index (κ1) is 16.8. The molecule has 0 aromatic rings. The molecule has 6 nitrogen and oxygen atoms in total. The summed E-state index contributed by atoms with van der Waals surface area (Å²) in [7, 11) is 0. The zero-order valence-electron chi connectivity index (χ0n) is 11.3. The lowest BCUT2D eigenvalue weighted by Gasteiger charge is -2.26. The summed E-state index contributed by atoms with van der Waals surface area (Å²) < 4.78 is 10.9. The minimum Gasteiger partial charge on any atom is -0.393 e. The van der Waals surface area contributed by atoms with Gasteiger partial charge in [0.05, 0.1) is 36.9 Å². The van der Waals surface area contributed by atoms with Crippen LogP contribution in [0.1, 0.15) is 20.3 Å². The van der Waals surface area contributed by atoms with Crippen LogP contribution in [0.2, 0.25) is 0 Å². The van der Waals surface area contributed by atoms with Gasteiger partial charge in [-0.05, 0) is 13.8 Å². The van der Waals surface area contributed by atoms with Crippen LogP contribution < -0.4 is 5.32 Å². The summed E-state index contributed by atoms with van der Waals surface area (Å²) in [6.07, 6.45) is -0.759. The maximum atomic E-state index is 11.2. The number of alkyl halides is 1. The molecule has 19 heavy (non-hydrogen) atoms. The molecule has 1 aliphatic rings. The maximum absolute atomic E-state index is 11.2. The lowest BCUT2D eigenvalue weighted by atomic mass is 10.0. The highest BCUT2D eigenvalue weighted by Crippen LogP contribution is 2.32. The Bertz CT molecular complexity index is 296. The van der Waals surface area contributed by atoms with Crippen molar-refractivity contribution in [2.75, 3.05) is 25.1 Å². The molecule has 7 heteroatoms. The molecule has 0 spiro atoms. The third kappa shape index (κ3) is 5.74. The van der Waals surface area contributed by atoms with E-state index in [1.54, 1.807) is 13.8 Å². The van der Waals surface area contributed by atoms with Crippen LogP contribution in [-0.4, -0.2) is 65.1 Å². The lowest BCUT2D eigenvalue weighted by Crippen LogP contribution is -2.41. The number of aliphatic hydroxyl groups is 2. The van der Waals surface area contributed by atoms with Gasteiger partial charge < -0.3 is 25.0 Å². The number of halogens is 1. The predicted octanol–water partition coefficient (Wildman–Crippen LogP) is -0.197. The first-order chi connectivity index (χ1) is 8.92. The summed E-state index contributed by atoms with van der Waals surface area (Å²) in [6.45, 7) is 4.17. The number of carbonyl (C=O) groups excluding carboxylic acids is 1. The van der Waals surface area contributed by atoms with Gasteiger partial charge in [0.15, 0.2) is 0 Å². The summed E-state index contributed by atoms with van der Waals surface area (Å²) in [5.41, 5.74) is -0.539. The zero-order chi connectivity index (χ0) is 14.5. The van der Waals surface area contributed by atoms with Gasteiger partial charge in [-0.1, -0.05) is 15.9 Å². The molecule has 0 aromatic heterocycles. The first-order valence-electron chi connectivity index (χ1n) is 6.33. The molecule has 112 valence electrons. The minimum absolute atomic E-state index is 0.0672. The average Bonchev–Trinajstić information content (AvgIpc) is 3.15. The van der Waals surface area contributed by atoms with Gasteiger partial charge in [0.1, 0.15) is 5.60 Å². The molecule has 0 aliphatic carbocycles. The van der Waals surface area contributed by atoms with E-state index < -0.39 is 11.7 Å². The van der Waals surface area contributed by atoms with Crippen molar-refractivity contribution in [3.63, 3.8) is 0 Å². The van der Waals surface area contributed by atoms with E-state index in [-0.39, 0.29) is 30.1 Å². The molecule has 3 N–H and O–H groups in total. The van der Waals surface area contributed by atoms with E-state index in [4.69, 9.17) is 9.47 Å². The fourth-order valence-electron chi connectivity index (χ4n) is 1.65. The van der Waals surface area contributed by atoms with Crippen molar-refractivity contribution >= 4 is 21.8 Å². The van der Waals surface area contributed by atoms with Gasteiger partial charge in [0.2, 0.25) is 5.91 Å². The van der Waals surface area contributed by atoms with E-state index >= 15 is 0 Å². The molecule has 1 rings (SSSR count). The van der Waals surface area contributed by atoms with Crippen molar-refractivity contribution in [2.24, 2.45) is 0 Å². The van der Waals surface area contributed by atoms with Crippen LogP contribution in [0.15, 0.2) is 0 Å². The number of hydrogen-bond acceptors (Lipinski definition) is 5. The number of nitrogens with one attached hydrogen (secondary N) is 1. The van der Waals surface area contributed by atoms with Gasteiger partial charge in [0.25, 0.3) is 0 Å². The largest absolute Gasteiger partial charge is 0.393 e. The Labute approximate surface area is 121 Å². The molecule has 1 amide bonds. The molecular weight excluding hydrogens is 318 g/mol. The monoisotopic (exact) mass is 339 g/mol. The average molecular weight is 340 g/mol. The number of carbonyl (C=O) groups is 1. The van der Waals surface area contributed by atoms with Crippen molar-refractivity contribution in [2.45, 2.75) is 44.2 Å². The number of ether oxygens (including phenoxy) is 2. The second-order valence-corrected chi connectivity index (χ2v) is 5.54. The summed E-state index contributed by atoms with van der Waals surface area (Å²) in [4.78, 5) is 11.2. The van der Waals surface area contributed by atoms with Crippen molar-refractivity contribution in [1.29, 1.82) is 0 Å². The third-order valence-corrected chi connectivity index (χ3v) is 3.68. The Morgan fingerprint density at radius 2 is 2.21 bits per heavy atom. The highest BCUT2D eigenvalue weighted by Gasteiger charge is 2.46. The van der Waals surface area contributed by atoms with Crippen molar-refractivity contribution in [3.8, 4) is 0 Å². The van der Waals surface area contributed by atoms with E-state index in [0.29, 0.717) is 19.6 Å². The lowest BCUT2D eigenvalue weighted by molar-refractivity contribution is -0.120. The van der Waals surface area contributed by atoms with Gasteiger partial charge in [-0.25, -0.2) is 0 Å². The number of amides is 1. The van der Waals surface area contributed by atoms with Crippen molar-refractivity contribution in [3.05, 3.63) is 0 Å². The fourth-order valence-corrected chi connectivity index (χ4v) is 1.85. The van der Waals surface area contributed by atoms with E-state index in [9.17, 15) is 15.0 Å². The number of aliphatic hydroxyl groups excluding tert-OH is 2. The molecule has 0 saturated carbocycles. The highest BCUT2D eigenvalue weighted by atomic mass is 79.9. The SMILES string of the molecule is CC(O)[C@H](C)O[C@H](CNC(=O)CBr)C[C@]1(CO)CO1. The van der Waals surface area contributed by atoms with Gasteiger partial charge in [-0.3, -0.25) is 4.79 Å². The smallest absolute Gasteiger partial charge is 0.230 e. The standard InChI is InChI=1S/C12H22BrNO5/c1-8(16)9(2)19-10(5-14-11(17)4-13)3-12(6-15)7-18-12/h8-10,15-16H,3-7H2,1-2H3,(H,14,17)/t8?,9-,10-,12-/m0/s1. The van der Waals surface area contributed by atoms with E-state index in [2.05, 4.69) is 21.2 Å². The van der Waals surface area contributed by atoms with Crippen LogP contribution in [0.5, 0.6) is 0 Å². The summed E-state index contributed by atoms with van der Waals surface area (Å²) in [6, 6.07) is 0. The molecule has 0 bridgehead atoms. The Balaban J connectivity index is 2.49. The molecule has 1 unspecified atom stereocenters. The molecule has 4 atom stereocenters. The Hall–Kier alpha value is -0.210. The van der Waals surface area contributed by atoms with E-state index in [0.717, 1.165) is 0 Å². The Kier molecular flexibility index (Phi) is 6.68. The number of epoxide rings is 1. The number of hydrogen-bond donors (Lipinski definition) is 3. The third-order valence-electron chi connectivity index (χ3n) is 3.18. The van der Waals surface area contributed by atoms with Gasteiger partial charge in [-0.15, -0.1) is 0 Å². The Morgan fingerprint density at radius 1 is 1.58 bits per heavy atom. The van der Waals surface area contributed by atoms with Crippen LogP contribution in [-0.2, 0) is 14.3 Å². The van der Waals surface area contributed by atoms with Crippen molar-refractivity contribution in [1.82, 2.24) is 5.32 Å². The van der Waals surface area contributed by atoms with Gasteiger partial charge >= 0.3 is 0 Å². The first-order valence-corrected chi connectivity index (χ1v) is 7.45. The quantitative estimate of drug-likeness (QED) is 0.400. The van der Waals surface area contributed by atoms with Crippen LogP contribution in [0.4, 0.5) is 0 Å². The van der Waals surface area contributed by atoms with Gasteiger partial charge in [0, 0.05) is 13.0 Å². The summed E-state index contributed by atoms with van der Waals surface area (Å²) in [5, 5.41) is 21.7. The molecule has 1 saturated heterocycles. The predicted molar refractivity (Wildman–Crippen MR) is 73.2 cm³/mol. The molecule has 0 radical (unpaired) electrons. The van der Waals surface area contributed by atoms with Crippen molar-refractivity contribution < 1.29 is 24.5 Å². The van der Waals surface area contributed by atoms with Crippen LogP contribution in [0.25, 0.3) is 0 Å². The molecule has 1 heterocycles. The molecule has 1 aliphatic heterocycles. The highest BCUT2D eigenvalue weighted by molar-refractivity contribution is 9.09. The fraction of sp³-hybridized carbons (Fsp3) is 0.917. The summed E-state index contributed by atoms with van der Waals surface area (Å²) >= 11 is 3.07. The second-order valence-electron chi connectivity index (χ2n) is 4.98. The van der Waals surface area contributed by atoms with Crippen LogP contribution in [0.3, 0.4) is 0 Å². The topological polar surface area (TPSA) is 91.3 Å². The number of rotatable bonds is 9. The van der Waals surface area contributed by atoms with Crippen LogP contribution in [0, 0.1) is 0 Å². The molecule has 0 aromatic carbocycles. The minimum atomic E-state index is -0.598. The van der Waals surface area contributed by atoms with Gasteiger partial charge in [-0.2, -0.15) is 0 Å². The summed E-state index contributed by atoms with van der Waals surface area (Å²) in [5.74, 6) is -0.131. The van der Waals surface area contributed by atoms with Crippen LogP contribution >= 0.6 is 15.9 Å². The maximum Gasteiger partial charge on any atom is 0.230 e. The molecular formula is C12H22BrNO5. The normalized spacial score (nSPS) is 26.6. The van der Waals surface area contributed by atoms with E-state index in [1.165, 1.54) is 0 Å². The Morgan fingerprint density at radius 3 is 2.63 bits per heavy atom. The van der Waals surface area contributed by atoms with E-state index in [1.807, 2.05) is 0 Å². The zero-order valence-corrected chi connectivity index (χ0v) is 12.9.